The highest BCUT2D eigenvalue weighted by molar-refractivity contribution is 7.17. The fraction of sp³-hybridized carbons (Fsp3) is 0.333. The van der Waals surface area contributed by atoms with E-state index in [1.165, 1.54) is 17.4 Å². The smallest absolute Gasteiger partial charge is 0.366 e. The van der Waals surface area contributed by atoms with Crippen LogP contribution in [0.3, 0.4) is 0 Å². The molecule has 0 unspecified atom stereocenters. The zero-order chi connectivity index (χ0) is 21.4. The van der Waals surface area contributed by atoms with E-state index >= 15 is 0 Å². The van der Waals surface area contributed by atoms with Gasteiger partial charge in [0.25, 0.3) is 17.6 Å². The van der Waals surface area contributed by atoms with Crippen molar-refractivity contribution in [2.75, 3.05) is 23.4 Å². The number of primary amides is 1. The normalized spacial score (nSPS) is 15.1. The van der Waals surface area contributed by atoms with Crippen molar-refractivity contribution in [3.05, 3.63) is 38.3 Å². The number of amides is 3. The Balaban J connectivity index is 1.59. The van der Waals surface area contributed by atoms with E-state index in [0.29, 0.717) is 10.6 Å². The van der Waals surface area contributed by atoms with E-state index in [9.17, 15) is 24.5 Å². The van der Waals surface area contributed by atoms with Crippen molar-refractivity contribution in [3.8, 4) is 5.75 Å². The highest BCUT2D eigenvalue weighted by Gasteiger charge is 2.34. The molecule has 0 fully saturated rings. The molecule has 12 heteroatoms. The first-order valence-corrected chi connectivity index (χ1v) is 9.99. The lowest BCUT2D eigenvalue weighted by Crippen LogP contribution is -2.44. The highest BCUT2D eigenvalue weighted by atomic mass is 32.1. The van der Waals surface area contributed by atoms with Crippen molar-refractivity contribution in [1.82, 2.24) is 4.98 Å². The first-order valence-electron chi connectivity index (χ1n) is 9.18. The lowest BCUT2D eigenvalue weighted by atomic mass is 9.95. The molecule has 0 aromatic carbocycles. The van der Waals surface area contributed by atoms with Gasteiger partial charge in [0.1, 0.15) is 11.5 Å². The molecule has 2 aromatic heterocycles. The second kappa shape index (κ2) is 7.71. The molecule has 0 radical (unpaired) electrons. The summed E-state index contributed by atoms with van der Waals surface area (Å²) in [5, 5.41) is 14.0. The summed E-state index contributed by atoms with van der Waals surface area (Å²) in [5.74, 6) is -2.17. The molecule has 156 valence electrons. The quantitative estimate of drug-likeness (QED) is 0.535. The topological polar surface area (TPSA) is 158 Å². The number of rotatable bonds is 5. The molecule has 4 rings (SSSR count). The predicted octanol–water partition coefficient (Wildman–Crippen LogP) is 1.39. The van der Waals surface area contributed by atoms with Gasteiger partial charge < -0.3 is 25.9 Å². The molecule has 2 aliphatic rings. The molecule has 3 heterocycles. The maximum atomic E-state index is 12.7. The molecule has 1 aliphatic carbocycles. The first kappa shape index (κ1) is 19.8. The van der Waals surface area contributed by atoms with E-state index in [-0.39, 0.29) is 18.2 Å². The first-order chi connectivity index (χ1) is 14.3. The second-order valence-corrected chi connectivity index (χ2v) is 7.95. The number of ether oxygens (including phenoxy) is 1. The maximum Gasteiger partial charge on any atom is 0.366 e. The largest absolute Gasteiger partial charge is 0.477 e. The van der Waals surface area contributed by atoms with Crippen molar-refractivity contribution in [1.29, 1.82) is 0 Å². The molecule has 0 atom stereocenters. The third-order valence-electron chi connectivity index (χ3n) is 4.89. The Labute approximate surface area is 174 Å². The molecule has 11 nitrogen and oxygen atoms in total. The van der Waals surface area contributed by atoms with Crippen molar-refractivity contribution >= 4 is 45.7 Å². The van der Waals surface area contributed by atoms with E-state index in [0.717, 1.165) is 47.1 Å². The highest BCUT2D eigenvalue weighted by Crippen LogP contribution is 2.38. The lowest BCUT2D eigenvalue weighted by molar-refractivity contribution is -0.389. The van der Waals surface area contributed by atoms with E-state index in [1.807, 2.05) is 0 Å². The number of aryl methyl sites for hydroxylation is 1. The number of thiophene rings is 1. The Morgan fingerprint density at radius 3 is 2.83 bits per heavy atom. The van der Waals surface area contributed by atoms with Crippen LogP contribution in [-0.2, 0) is 22.4 Å². The number of aromatic nitrogens is 1. The maximum absolute atomic E-state index is 12.7. The summed E-state index contributed by atoms with van der Waals surface area (Å²) < 4.78 is 5.24. The molecule has 0 spiro atoms. The van der Waals surface area contributed by atoms with E-state index in [1.54, 1.807) is 0 Å². The van der Waals surface area contributed by atoms with Gasteiger partial charge in [-0.2, -0.15) is 0 Å². The monoisotopic (exact) mass is 431 g/mol. The van der Waals surface area contributed by atoms with Crippen molar-refractivity contribution in [3.63, 3.8) is 0 Å². The minimum atomic E-state index is -0.701. The Kier molecular flexibility index (Phi) is 5.08. The third kappa shape index (κ3) is 3.56. The third-order valence-corrected chi connectivity index (χ3v) is 6.10. The van der Waals surface area contributed by atoms with Crippen LogP contribution in [0.2, 0.25) is 0 Å². The van der Waals surface area contributed by atoms with E-state index in [2.05, 4.69) is 10.3 Å². The van der Waals surface area contributed by atoms with E-state index in [4.69, 9.17) is 10.5 Å². The van der Waals surface area contributed by atoms with E-state index < -0.39 is 35.0 Å². The van der Waals surface area contributed by atoms with Gasteiger partial charge in [0.05, 0.1) is 5.56 Å². The minimum absolute atomic E-state index is 0.101. The van der Waals surface area contributed by atoms with Crippen molar-refractivity contribution in [2.45, 2.75) is 25.7 Å². The number of fused-ring (bicyclic) bond motifs is 2. The molecular formula is C18H17N5O6S. The molecule has 3 amide bonds. The van der Waals surface area contributed by atoms with Crippen LogP contribution < -0.4 is 20.7 Å². The number of carbonyl (C=O) groups is 3. The summed E-state index contributed by atoms with van der Waals surface area (Å²) in [6.45, 7) is -0.760. The summed E-state index contributed by atoms with van der Waals surface area (Å²) >= 11 is 1.31. The number of carbonyl (C=O) groups excluding carboxylic acids is 3. The van der Waals surface area contributed by atoms with Crippen LogP contribution in [0.15, 0.2) is 12.1 Å². The molecule has 2 aromatic rings. The van der Waals surface area contributed by atoms with Gasteiger partial charge in [-0.15, -0.1) is 11.3 Å². The number of hydrogen-bond acceptors (Lipinski definition) is 8. The fourth-order valence-electron chi connectivity index (χ4n) is 3.56. The molecule has 3 N–H and O–H groups in total. The van der Waals surface area contributed by atoms with Gasteiger partial charge in [0.15, 0.2) is 12.4 Å². The second-order valence-electron chi connectivity index (χ2n) is 6.84. The Bertz CT molecular complexity index is 1080. The number of nitrogens with one attached hydrogen (secondary N) is 1. The van der Waals surface area contributed by atoms with Gasteiger partial charge in [-0.1, -0.05) is 0 Å². The summed E-state index contributed by atoms with van der Waals surface area (Å²) in [6, 6.07) is 2.48. The van der Waals surface area contributed by atoms with Crippen LogP contribution >= 0.6 is 11.3 Å². The number of pyridine rings is 1. The zero-order valence-electron chi connectivity index (χ0n) is 15.7. The minimum Gasteiger partial charge on any atom is -0.477 e. The number of nitro groups is 1. The number of nitrogens with two attached hydrogens (primary N) is 1. The average Bonchev–Trinajstić information content (AvgIpc) is 3.07. The summed E-state index contributed by atoms with van der Waals surface area (Å²) in [7, 11) is 0. The average molecular weight is 431 g/mol. The van der Waals surface area contributed by atoms with Crippen molar-refractivity contribution < 1.29 is 24.0 Å². The van der Waals surface area contributed by atoms with Crippen LogP contribution in [0.4, 0.5) is 16.6 Å². The van der Waals surface area contributed by atoms with Crippen LogP contribution in [0.1, 0.15) is 33.6 Å². The molecular weight excluding hydrogens is 414 g/mol. The van der Waals surface area contributed by atoms with Gasteiger partial charge in [0, 0.05) is 10.9 Å². The number of nitrogens with zero attached hydrogens (tertiary/aromatic N) is 3. The van der Waals surface area contributed by atoms with Crippen LogP contribution in [0.5, 0.6) is 5.75 Å². The molecule has 0 saturated heterocycles. The summed E-state index contributed by atoms with van der Waals surface area (Å²) in [5.41, 5.74) is 6.72. The Morgan fingerprint density at radius 2 is 2.10 bits per heavy atom. The molecule has 30 heavy (non-hydrogen) atoms. The van der Waals surface area contributed by atoms with Crippen molar-refractivity contribution in [2.24, 2.45) is 5.73 Å². The van der Waals surface area contributed by atoms with Gasteiger partial charge in [-0.3, -0.25) is 19.3 Å². The van der Waals surface area contributed by atoms with Crippen LogP contribution in [0.25, 0.3) is 0 Å². The zero-order valence-corrected chi connectivity index (χ0v) is 16.5. The fourth-order valence-corrected chi connectivity index (χ4v) is 4.87. The van der Waals surface area contributed by atoms with Gasteiger partial charge in [0.2, 0.25) is 5.91 Å². The summed E-state index contributed by atoms with van der Waals surface area (Å²) in [6.07, 6.45) is 3.49. The number of anilines is 2. The molecule has 0 bridgehead atoms. The van der Waals surface area contributed by atoms with Crippen LogP contribution in [-0.4, -0.2) is 40.8 Å². The molecule has 0 saturated carbocycles. The standard InChI is InChI=1S/C18H17N5O6S/c19-16(26)15-9-3-1-2-4-11(9)30-18(15)21-13(24)7-22-14(25)8-29-10-5-6-12(23(27)28)20-17(10)22/h5-6H,1-4,7-8H2,(H2,19,26)(H,21,24). The van der Waals surface area contributed by atoms with Gasteiger partial charge >= 0.3 is 5.82 Å². The SMILES string of the molecule is NC(=O)c1c(NC(=O)CN2C(=O)COc3ccc([N+](=O)[O-])nc32)sc2c1CCCC2. The predicted molar refractivity (Wildman–Crippen MR) is 107 cm³/mol. The molecule has 1 aliphatic heterocycles. The van der Waals surface area contributed by atoms with Gasteiger partial charge in [-0.05, 0) is 47.2 Å². The Morgan fingerprint density at radius 1 is 1.33 bits per heavy atom. The Hall–Kier alpha value is -3.54. The number of hydrogen-bond donors (Lipinski definition) is 2. The summed E-state index contributed by atoms with van der Waals surface area (Å²) in [4.78, 5) is 53.2. The van der Waals surface area contributed by atoms with Gasteiger partial charge in [-0.25, -0.2) is 0 Å². The lowest BCUT2D eigenvalue weighted by Gasteiger charge is -2.24. The van der Waals surface area contributed by atoms with Crippen LogP contribution in [0, 0.1) is 10.1 Å².